The van der Waals surface area contributed by atoms with E-state index in [1.807, 2.05) is 13.8 Å². The first-order chi connectivity index (χ1) is 15.9. The molecule has 1 atom stereocenters. The maximum atomic E-state index is 13.3. The minimum Gasteiger partial charge on any atom is -0.508 e. The van der Waals surface area contributed by atoms with Crippen LogP contribution in [0.1, 0.15) is 91.7 Å². The molecule has 1 unspecified atom stereocenters. The minimum atomic E-state index is -0.883. The second-order valence-electron chi connectivity index (χ2n) is 9.87. The van der Waals surface area contributed by atoms with Crippen molar-refractivity contribution in [2.45, 2.75) is 97.8 Å². The van der Waals surface area contributed by atoms with Crippen LogP contribution in [0.5, 0.6) is 5.75 Å². The van der Waals surface area contributed by atoms with E-state index in [9.17, 15) is 19.5 Å². The van der Waals surface area contributed by atoms with Gasteiger partial charge in [-0.05, 0) is 58.7 Å². The summed E-state index contributed by atoms with van der Waals surface area (Å²) in [5.41, 5.74) is -0.0932. The topological polar surface area (TPSA) is 108 Å². The number of hydrogen-bond acceptors (Lipinski definition) is 5. The van der Waals surface area contributed by atoms with Crippen LogP contribution in [0.25, 0.3) is 0 Å². The summed E-state index contributed by atoms with van der Waals surface area (Å²) in [5.74, 6) is -0.610. The van der Waals surface area contributed by atoms with Crippen molar-refractivity contribution in [3.05, 3.63) is 29.8 Å². The van der Waals surface area contributed by atoms with Crippen molar-refractivity contribution in [3.63, 3.8) is 0 Å². The Kier molecular flexibility index (Phi) is 12.5. The molecule has 0 fully saturated rings. The summed E-state index contributed by atoms with van der Waals surface area (Å²) in [6, 6.07) is 5.28. The summed E-state index contributed by atoms with van der Waals surface area (Å²) in [7, 11) is 0. The number of unbranched alkanes of at least 4 members (excludes halogenated alkanes) is 5. The number of phenolic OH excluding ortho intramolecular Hbond substituents is 1. The number of ether oxygens (including phenoxy) is 1. The summed E-state index contributed by atoms with van der Waals surface area (Å²) in [6.45, 7) is 11.2. The summed E-state index contributed by atoms with van der Waals surface area (Å²) in [6.07, 6.45) is 5.53. The highest BCUT2D eigenvalue weighted by Gasteiger charge is 2.32. The molecule has 0 aliphatic carbocycles. The lowest BCUT2D eigenvalue weighted by Gasteiger charge is -2.32. The standard InChI is InChI=1S/C26H43N3O5/c1-7-8-9-10-11-12-17-29(22(31)18-27-25(33)34-26(4,5)6)23(24(32)28-19(2)3)20-13-15-21(30)16-14-20/h13-16,19,23,30H,7-12,17-18H2,1-6H3,(H,27,33)(H,28,32). The maximum absolute atomic E-state index is 13.3. The molecule has 3 N–H and O–H groups in total. The molecule has 0 heterocycles. The first-order valence-corrected chi connectivity index (χ1v) is 12.3. The van der Waals surface area contributed by atoms with Crippen LogP contribution in [-0.4, -0.2) is 52.6 Å². The molecule has 3 amide bonds. The molecule has 1 rings (SSSR count). The highest BCUT2D eigenvalue weighted by atomic mass is 16.6. The number of aromatic hydroxyl groups is 1. The third kappa shape index (κ3) is 11.4. The van der Waals surface area contributed by atoms with Gasteiger partial charge in [-0.1, -0.05) is 51.2 Å². The van der Waals surface area contributed by atoms with E-state index in [1.165, 1.54) is 23.5 Å². The van der Waals surface area contributed by atoms with Crippen molar-refractivity contribution >= 4 is 17.9 Å². The summed E-state index contributed by atoms with van der Waals surface area (Å²) < 4.78 is 5.23. The van der Waals surface area contributed by atoms with Gasteiger partial charge in [0.15, 0.2) is 0 Å². The van der Waals surface area contributed by atoms with Crippen LogP contribution in [0, 0.1) is 0 Å². The first-order valence-electron chi connectivity index (χ1n) is 12.3. The predicted octanol–water partition coefficient (Wildman–Crippen LogP) is 4.67. The molecule has 192 valence electrons. The Morgan fingerprint density at radius 3 is 2.15 bits per heavy atom. The first kappa shape index (κ1) is 29.3. The zero-order valence-electron chi connectivity index (χ0n) is 21.6. The third-order valence-corrected chi connectivity index (χ3v) is 5.06. The Morgan fingerprint density at radius 1 is 1.00 bits per heavy atom. The molecule has 0 saturated heterocycles. The van der Waals surface area contributed by atoms with Gasteiger partial charge >= 0.3 is 6.09 Å². The molecule has 0 spiro atoms. The maximum Gasteiger partial charge on any atom is 0.408 e. The van der Waals surface area contributed by atoms with Gasteiger partial charge in [0.25, 0.3) is 0 Å². The van der Waals surface area contributed by atoms with E-state index < -0.39 is 17.7 Å². The van der Waals surface area contributed by atoms with Crippen LogP contribution >= 0.6 is 0 Å². The molecular weight excluding hydrogens is 434 g/mol. The van der Waals surface area contributed by atoms with Gasteiger partial charge in [0.05, 0.1) is 0 Å². The summed E-state index contributed by atoms with van der Waals surface area (Å²) in [4.78, 5) is 40.1. The van der Waals surface area contributed by atoms with Crippen LogP contribution < -0.4 is 10.6 Å². The minimum absolute atomic E-state index is 0.0761. The van der Waals surface area contributed by atoms with Gasteiger partial charge in [0.1, 0.15) is 23.9 Å². The smallest absolute Gasteiger partial charge is 0.408 e. The van der Waals surface area contributed by atoms with Crippen molar-refractivity contribution in [3.8, 4) is 5.75 Å². The zero-order chi connectivity index (χ0) is 25.7. The lowest BCUT2D eigenvalue weighted by atomic mass is 10.0. The average Bonchev–Trinajstić information content (AvgIpc) is 2.73. The number of nitrogens with zero attached hydrogens (tertiary/aromatic N) is 1. The number of hydrogen-bond donors (Lipinski definition) is 3. The Balaban J connectivity index is 3.09. The predicted molar refractivity (Wildman–Crippen MR) is 133 cm³/mol. The highest BCUT2D eigenvalue weighted by molar-refractivity contribution is 5.90. The molecule has 8 nitrogen and oxygen atoms in total. The molecule has 0 saturated carbocycles. The second-order valence-corrected chi connectivity index (χ2v) is 9.87. The lowest BCUT2D eigenvalue weighted by Crippen LogP contribution is -2.49. The normalized spacial score (nSPS) is 12.2. The molecule has 0 aliphatic rings. The number of phenols is 1. The Hall–Kier alpha value is -2.77. The van der Waals surface area contributed by atoms with Crippen LogP contribution in [0.3, 0.4) is 0 Å². The SMILES string of the molecule is CCCCCCCCN(C(=O)CNC(=O)OC(C)(C)C)C(C(=O)NC(C)C)c1ccc(O)cc1. The molecule has 34 heavy (non-hydrogen) atoms. The van der Waals surface area contributed by atoms with Crippen LogP contribution in [-0.2, 0) is 14.3 Å². The monoisotopic (exact) mass is 477 g/mol. The summed E-state index contributed by atoms with van der Waals surface area (Å²) >= 11 is 0. The molecule has 8 heteroatoms. The Labute approximate surface area is 204 Å². The molecule has 0 aliphatic heterocycles. The number of carbonyl (C=O) groups is 3. The van der Waals surface area contributed by atoms with Crippen molar-refractivity contribution in [1.82, 2.24) is 15.5 Å². The lowest BCUT2D eigenvalue weighted by molar-refractivity contribution is -0.140. The Morgan fingerprint density at radius 2 is 1.59 bits per heavy atom. The molecule has 0 radical (unpaired) electrons. The number of nitrogens with one attached hydrogen (secondary N) is 2. The van der Waals surface area contributed by atoms with Gasteiger partial charge in [-0.25, -0.2) is 4.79 Å². The van der Waals surface area contributed by atoms with Gasteiger partial charge in [0.2, 0.25) is 11.8 Å². The number of carbonyl (C=O) groups excluding carboxylic acids is 3. The largest absolute Gasteiger partial charge is 0.508 e. The van der Waals surface area contributed by atoms with Crippen molar-refractivity contribution in [2.24, 2.45) is 0 Å². The van der Waals surface area contributed by atoms with Crippen molar-refractivity contribution in [1.29, 1.82) is 0 Å². The van der Waals surface area contributed by atoms with Gasteiger partial charge in [-0.2, -0.15) is 0 Å². The van der Waals surface area contributed by atoms with E-state index in [0.717, 1.165) is 32.1 Å². The second kappa shape index (κ2) is 14.5. The van der Waals surface area contributed by atoms with Crippen molar-refractivity contribution < 1.29 is 24.2 Å². The number of alkyl carbamates (subject to hydrolysis) is 1. The molecule has 1 aromatic rings. The fraction of sp³-hybridized carbons (Fsp3) is 0.654. The van der Waals surface area contributed by atoms with E-state index in [2.05, 4.69) is 17.6 Å². The highest BCUT2D eigenvalue weighted by Crippen LogP contribution is 2.25. The van der Waals surface area contributed by atoms with Gasteiger partial charge in [-0.15, -0.1) is 0 Å². The Bertz CT molecular complexity index is 772. The number of amides is 3. The van der Waals surface area contributed by atoms with Crippen LogP contribution in [0.2, 0.25) is 0 Å². The van der Waals surface area contributed by atoms with Gasteiger partial charge in [-0.3, -0.25) is 9.59 Å². The van der Waals surface area contributed by atoms with Gasteiger partial charge < -0.3 is 25.4 Å². The molecular formula is C26H43N3O5. The molecule has 1 aromatic carbocycles. The van der Waals surface area contributed by atoms with E-state index in [1.54, 1.807) is 32.9 Å². The van der Waals surface area contributed by atoms with E-state index in [4.69, 9.17) is 4.74 Å². The third-order valence-electron chi connectivity index (χ3n) is 5.06. The van der Waals surface area contributed by atoms with Crippen molar-refractivity contribution in [2.75, 3.05) is 13.1 Å². The molecule has 0 aromatic heterocycles. The van der Waals surface area contributed by atoms with E-state index in [-0.39, 0.29) is 30.2 Å². The van der Waals surface area contributed by atoms with Crippen LogP contribution in [0.4, 0.5) is 4.79 Å². The fourth-order valence-electron chi connectivity index (χ4n) is 3.52. The zero-order valence-corrected chi connectivity index (χ0v) is 21.6. The van der Waals surface area contributed by atoms with E-state index in [0.29, 0.717) is 12.1 Å². The fourth-order valence-corrected chi connectivity index (χ4v) is 3.52. The number of benzene rings is 1. The van der Waals surface area contributed by atoms with Crippen LogP contribution in [0.15, 0.2) is 24.3 Å². The average molecular weight is 478 g/mol. The van der Waals surface area contributed by atoms with Gasteiger partial charge in [0, 0.05) is 12.6 Å². The molecule has 0 bridgehead atoms. The van der Waals surface area contributed by atoms with E-state index >= 15 is 0 Å². The number of rotatable bonds is 13. The quantitative estimate of drug-likeness (QED) is 0.358. The summed E-state index contributed by atoms with van der Waals surface area (Å²) in [5, 5.41) is 15.1.